The van der Waals surface area contributed by atoms with E-state index in [0.29, 0.717) is 70.8 Å². The zero-order valence-electron chi connectivity index (χ0n) is 27.8. The highest BCUT2D eigenvalue weighted by Gasteiger charge is 2.22. The van der Waals surface area contributed by atoms with Gasteiger partial charge in [0.2, 0.25) is 11.7 Å². The topological polar surface area (TPSA) is 135 Å². The lowest BCUT2D eigenvalue weighted by atomic mass is 10.1. The lowest BCUT2D eigenvalue weighted by Gasteiger charge is -2.17. The summed E-state index contributed by atoms with van der Waals surface area (Å²) < 4.78 is 30.2. The van der Waals surface area contributed by atoms with E-state index in [-0.39, 0.29) is 24.1 Å². The number of nitrogens with one attached hydrogen (secondary N) is 2. The molecule has 0 aliphatic carbocycles. The summed E-state index contributed by atoms with van der Waals surface area (Å²) in [5.74, 6) is 2.25. The number of benzene rings is 3. The number of aryl methyl sites for hydroxylation is 2. The molecule has 1 heterocycles. The van der Waals surface area contributed by atoms with Crippen LogP contribution in [-0.4, -0.2) is 66.4 Å². The van der Waals surface area contributed by atoms with Gasteiger partial charge in [0.15, 0.2) is 22.5 Å². The first-order valence-corrected chi connectivity index (χ1v) is 16.2. The van der Waals surface area contributed by atoms with Gasteiger partial charge in [-0.1, -0.05) is 23.9 Å². The van der Waals surface area contributed by atoms with Gasteiger partial charge in [0.25, 0.3) is 5.91 Å². The molecular weight excluding hydrogens is 622 g/mol. The molecule has 4 aromatic rings. The van der Waals surface area contributed by atoms with Crippen molar-refractivity contribution in [2.75, 3.05) is 45.1 Å². The van der Waals surface area contributed by atoms with Crippen LogP contribution in [0.3, 0.4) is 0 Å². The van der Waals surface area contributed by atoms with Crippen molar-refractivity contribution in [1.82, 2.24) is 20.1 Å². The number of thioether (sulfide) groups is 1. The molecule has 0 spiro atoms. The molecule has 0 fully saturated rings. The smallest absolute Gasteiger partial charge is 0.251 e. The first-order chi connectivity index (χ1) is 22.7. The van der Waals surface area contributed by atoms with Crippen LogP contribution in [0, 0.1) is 13.8 Å². The van der Waals surface area contributed by atoms with Crippen molar-refractivity contribution in [3.63, 3.8) is 0 Å². The summed E-state index contributed by atoms with van der Waals surface area (Å²) in [7, 11) is 3.12. The van der Waals surface area contributed by atoms with E-state index in [1.165, 1.54) is 11.8 Å². The second-order valence-corrected chi connectivity index (χ2v) is 11.2. The standard InChI is InChI=1S/C34H41N5O7S/c1-8-44-28-16-23(17-29(45-9-2)32(28)46-10-3)33(41)35-19-30-37-38-34(39(30)26-18-24(42-6)13-14-27(26)43-7)47-20-31(40)36-25-15-21(4)11-12-22(25)5/h11-18H,8-10,19-20H2,1-7H3,(H,35,41)(H,36,40). The Balaban J connectivity index is 1.63. The van der Waals surface area contributed by atoms with E-state index >= 15 is 0 Å². The highest BCUT2D eigenvalue weighted by atomic mass is 32.2. The average Bonchev–Trinajstić information content (AvgIpc) is 3.48. The van der Waals surface area contributed by atoms with Crippen LogP contribution >= 0.6 is 11.8 Å². The minimum absolute atomic E-state index is 0.00257. The predicted molar refractivity (Wildman–Crippen MR) is 181 cm³/mol. The second-order valence-electron chi connectivity index (χ2n) is 10.2. The van der Waals surface area contributed by atoms with Crippen LogP contribution in [0.25, 0.3) is 5.69 Å². The highest BCUT2D eigenvalue weighted by Crippen LogP contribution is 2.39. The summed E-state index contributed by atoms with van der Waals surface area (Å²) in [5.41, 5.74) is 3.67. The zero-order valence-corrected chi connectivity index (χ0v) is 28.6. The lowest BCUT2D eigenvalue weighted by molar-refractivity contribution is -0.113. The molecule has 0 saturated carbocycles. The van der Waals surface area contributed by atoms with Gasteiger partial charge in [0.1, 0.15) is 11.5 Å². The number of carbonyl (C=O) groups excluding carboxylic acids is 2. The Morgan fingerprint density at radius 3 is 2.17 bits per heavy atom. The maximum atomic E-state index is 13.5. The van der Waals surface area contributed by atoms with Crippen molar-refractivity contribution < 1.29 is 33.3 Å². The molecular formula is C34H41N5O7S. The molecule has 2 N–H and O–H groups in total. The first kappa shape index (κ1) is 35.0. The summed E-state index contributed by atoms with van der Waals surface area (Å²) in [6.45, 7) is 10.7. The molecule has 0 radical (unpaired) electrons. The fourth-order valence-electron chi connectivity index (χ4n) is 4.69. The molecule has 0 aliphatic rings. The molecule has 0 bridgehead atoms. The Kier molecular flexibility index (Phi) is 12.3. The van der Waals surface area contributed by atoms with Gasteiger partial charge in [-0.05, 0) is 76.1 Å². The Morgan fingerprint density at radius 2 is 1.53 bits per heavy atom. The molecule has 4 rings (SSSR count). The third-order valence-corrected chi connectivity index (χ3v) is 7.83. The third-order valence-electron chi connectivity index (χ3n) is 6.91. The van der Waals surface area contributed by atoms with Crippen LogP contribution in [0.4, 0.5) is 5.69 Å². The van der Waals surface area contributed by atoms with Crippen LogP contribution in [0.5, 0.6) is 28.7 Å². The fraction of sp³-hybridized carbons (Fsp3) is 0.353. The van der Waals surface area contributed by atoms with E-state index in [9.17, 15) is 9.59 Å². The maximum Gasteiger partial charge on any atom is 0.251 e. The number of ether oxygens (including phenoxy) is 5. The summed E-state index contributed by atoms with van der Waals surface area (Å²) in [6, 6.07) is 14.5. The number of aromatic nitrogens is 3. The number of hydrogen-bond acceptors (Lipinski definition) is 10. The molecule has 2 amide bonds. The van der Waals surface area contributed by atoms with E-state index in [0.717, 1.165) is 16.8 Å². The number of amides is 2. The molecule has 13 heteroatoms. The molecule has 0 aliphatic heterocycles. The quantitative estimate of drug-likeness (QED) is 0.143. The van der Waals surface area contributed by atoms with Gasteiger partial charge >= 0.3 is 0 Å². The van der Waals surface area contributed by atoms with E-state index in [2.05, 4.69) is 20.8 Å². The summed E-state index contributed by atoms with van der Waals surface area (Å²) in [5, 5.41) is 15.1. The van der Waals surface area contributed by atoms with Gasteiger partial charge in [-0.15, -0.1) is 10.2 Å². The Bertz CT molecular complexity index is 1680. The minimum Gasteiger partial charge on any atom is -0.497 e. The van der Waals surface area contributed by atoms with Crippen molar-refractivity contribution in [2.45, 2.75) is 46.3 Å². The predicted octanol–water partition coefficient (Wildman–Crippen LogP) is 5.76. The van der Waals surface area contributed by atoms with Gasteiger partial charge in [-0.25, -0.2) is 0 Å². The third kappa shape index (κ3) is 8.67. The van der Waals surface area contributed by atoms with E-state index in [4.69, 9.17) is 23.7 Å². The van der Waals surface area contributed by atoms with Crippen molar-refractivity contribution in [3.05, 3.63) is 71.0 Å². The molecule has 47 heavy (non-hydrogen) atoms. The van der Waals surface area contributed by atoms with Gasteiger partial charge < -0.3 is 34.3 Å². The van der Waals surface area contributed by atoms with Crippen molar-refractivity contribution >= 4 is 29.3 Å². The Morgan fingerprint density at radius 1 is 0.830 bits per heavy atom. The van der Waals surface area contributed by atoms with Crippen LogP contribution in [0.2, 0.25) is 0 Å². The van der Waals surface area contributed by atoms with Gasteiger partial charge in [-0.2, -0.15) is 0 Å². The molecule has 250 valence electrons. The number of rotatable bonds is 16. The lowest BCUT2D eigenvalue weighted by Crippen LogP contribution is -2.25. The van der Waals surface area contributed by atoms with Crippen LogP contribution < -0.4 is 34.3 Å². The molecule has 1 aromatic heterocycles. The van der Waals surface area contributed by atoms with E-state index in [1.807, 2.05) is 52.8 Å². The largest absolute Gasteiger partial charge is 0.497 e. The molecule has 0 saturated heterocycles. The van der Waals surface area contributed by atoms with Crippen LogP contribution in [-0.2, 0) is 11.3 Å². The van der Waals surface area contributed by atoms with Crippen LogP contribution in [0.15, 0.2) is 53.7 Å². The zero-order chi connectivity index (χ0) is 33.9. The first-order valence-electron chi connectivity index (χ1n) is 15.2. The number of hydrogen-bond donors (Lipinski definition) is 2. The number of nitrogens with zero attached hydrogens (tertiary/aromatic N) is 3. The fourth-order valence-corrected chi connectivity index (χ4v) is 5.45. The minimum atomic E-state index is -0.385. The number of methoxy groups -OCH3 is 2. The van der Waals surface area contributed by atoms with Crippen molar-refractivity contribution in [2.24, 2.45) is 0 Å². The number of carbonyl (C=O) groups is 2. The maximum absolute atomic E-state index is 13.5. The molecule has 3 aromatic carbocycles. The van der Waals surface area contributed by atoms with Gasteiger partial charge in [-0.3, -0.25) is 14.2 Å². The Hall–Kier alpha value is -4.91. The van der Waals surface area contributed by atoms with Crippen molar-refractivity contribution in [3.8, 4) is 34.4 Å². The Labute approximate surface area is 279 Å². The monoisotopic (exact) mass is 663 g/mol. The van der Waals surface area contributed by atoms with Gasteiger partial charge in [0.05, 0.1) is 52.0 Å². The highest BCUT2D eigenvalue weighted by molar-refractivity contribution is 7.99. The molecule has 0 atom stereocenters. The average molecular weight is 664 g/mol. The van der Waals surface area contributed by atoms with Crippen LogP contribution in [0.1, 0.15) is 48.1 Å². The SMILES string of the molecule is CCOc1cc(C(=O)NCc2nnc(SCC(=O)Nc3cc(C)ccc3C)n2-c2cc(OC)ccc2OC)cc(OCC)c1OCC. The van der Waals surface area contributed by atoms with Crippen molar-refractivity contribution in [1.29, 1.82) is 0 Å². The normalized spacial score (nSPS) is 10.7. The summed E-state index contributed by atoms with van der Waals surface area (Å²) in [6.07, 6.45) is 0. The molecule has 0 unspecified atom stereocenters. The summed E-state index contributed by atoms with van der Waals surface area (Å²) >= 11 is 1.21. The molecule has 12 nitrogen and oxygen atoms in total. The number of anilines is 1. The van der Waals surface area contributed by atoms with E-state index in [1.54, 1.807) is 49.1 Å². The van der Waals surface area contributed by atoms with Gasteiger partial charge in [0, 0.05) is 17.3 Å². The van der Waals surface area contributed by atoms with E-state index < -0.39 is 0 Å². The second kappa shape index (κ2) is 16.6. The summed E-state index contributed by atoms with van der Waals surface area (Å²) in [4.78, 5) is 26.5.